The summed E-state index contributed by atoms with van der Waals surface area (Å²) < 4.78 is 25.7. The van der Waals surface area contributed by atoms with Crippen molar-refractivity contribution in [2.75, 3.05) is 6.54 Å². The van der Waals surface area contributed by atoms with Crippen molar-refractivity contribution in [3.8, 4) is 0 Å². The molecule has 0 aromatic heterocycles. The van der Waals surface area contributed by atoms with E-state index in [1.165, 1.54) is 31.2 Å². The maximum Gasteiger partial charge on any atom is 0.307 e. The summed E-state index contributed by atoms with van der Waals surface area (Å²) in [5.41, 5.74) is 0. The number of carbonyl (C=O) groups is 1. The van der Waals surface area contributed by atoms with Crippen molar-refractivity contribution in [1.29, 1.82) is 0 Å². The van der Waals surface area contributed by atoms with Crippen molar-refractivity contribution in [1.82, 2.24) is 4.72 Å². The van der Waals surface area contributed by atoms with E-state index in [0.717, 1.165) is 0 Å². The number of hydrogen-bond donors (Lipinski definition) is 2. The van der Waals surface area contributed by atoms with Crippen LogP contribution in [0.3, 0.4) is 0 Å². The largest absolute Gasteiger partial charge is 0.481 e. The number of halogens is 1. The predicted molar refractivity (Wildman–Crippen MR) is 63.4 cm³/mol. The molecule has 0 aliphatic carbocycles. The second kappa shape index (κ2) is 5.48. The molecule has 0 radical (unpaired) electrons. The van der Waals surface area contributed by atoms with Crippen LogP contribution >= 0.6 is 11.6 Å². The van der Waals surface area contributed by atoms with Gasteiger partial charge in [0.25, 0.3) is 0 Å². The number of nitrogens with one attached hydrogen (secondary N) is 1. The summed E-state index contributed by atoms with van der Waals surface area (Å²) in [5, 5.41) is 9.07. The van der Waals surface area contributed by atoms with Crippen molar-refractivity contribution < 1.29 is 18.3 Å². The summed E-state index contributed by atoms with van der Waals surface area (Å²) in [6.45, 7) is 1.27. The van der Waals surface area contributed by atoms with E-state index in [4.69, 9.17) is 16.7 Å². The minimum atomic E-state index is -3.68. The van der Waals surface area contributed by atoms with Gasteiger partial charge in [0, 0.05) is 11.6 Å². The molecule has 1 aromatic rings. The number of carboxylic acids is 1. The Morgan fingerprint density at radius 1 is 1.41 bits per heavy atom. The molecule has 0 spiro atoms. The first-order chi connectivity index (χ1) is 7.83. The zero-order chi connectivity index (χ0) is 13.1. The van der Waals surface area contributed by atoms with Gasteiger partial charge in [-0.05, 0) is 24.3 Å². The third-order valence-electron chi connectivity index (χ3n) is 2.13. The predicted octanol–water partition coefficient (Wildman–Crippen LogP) is 1.34. The second-order valence-corrected chi connectivity index (χ2v) is 5.75. The minimum Gasteiger partial charge on any atom is -0.481 e. The molecular weight excluding hydrogens is 266 g/mol. The first-order valence-electron chi connectivity index (χ1n) is 4.81. The van der Waals surface area contributed by atoms with Gasteiger partial charge in [-0.3, -0.25) is 4.79 Å². The molecular formula is C10H12ClNO4S. The van der Waals surface area contributed by atoms with E-state index in [-0.39, 0.29) is 11.4 Å². The maximum atomic E-state index is 11.7. The smallest absolute Gasteiger partial charge is 0.307 e. The maximum absolute atomic E-state index is 11.7. The van der Waals surface area contributed by atoms with Crippen LogP contribution in [0.15, 0.2) is 29.2 Å². The topological polar surface area (TPSA) is 83.5 Å². The Labute approximate surface area is 104 Å². The Morgan fingerprint density at radius 3 is 2.41 bits per heavy atom. The molecule has 94 valence electrons. The van der Waals surface area contributed by atoms with Crippen LogP contribution in [-0.2, 0) is 14.8 Å². The molecule has 0 saturated heterocycles. The lowest BCUT2D eigenvalue weighted by atomic mass is 10.2. The lowest BCUT2D eigenvalue weighted by Crippen LogP contribution is -2.31. The molecule has 0 fully saturated rings. The lowest BCUT2D eigenvalue weighted by molar-refractivity contribution is -0.140. The van der Waals surface area contributed by atoms with E-state index in [2.05, 4.69) is 4.72 Å². The van der Waals surface area contributed by atoms with Gasteiger partial charge in [0.05, 0.1) is 10.8 Å². The highest BCUT2D eigenvalue weighted by Crippen LogP contribution is 2.13. The van der Waals surface area contributed by atoms with Gasteiger partial charge >= 0.3 is 5.97 Å². The molecule has 0 bridgehead atoms. The average molecular weight is 278 g/mol. The Bertz CT molecular complexity index is 498. The third-order valence-corrected chi connectivity index (χ3v) is 3.82. The number of sulfonamides is 1. The highest BCUT2D eigenvalue weighted by Gasteiger charge is 2.17. The van der Waals surface area contributed by atoms with Crippen LogP contribution in [0.2, 0.25) is 5.02 Å². The number of rotatable bonds is 5. The van der Waals surface area contributed by atoms with Crippen LogP contribution in [0.5, 0.6) is 0 Å². The Balaban J connectivity index is 2.76. The molecule has 0 amide bonds. The minimum absolute atomic E-state index is 0.0551. The van der Waals surface area contributed by atoms with Gasteiger partial charge in [0.1, 0.15) is 0 Å². The van der Waals surface area contributed by atoms with Gasteiger partial charge in [-0.25, -0.2) is 13.1 Å². The fourth-order valence-electron chi connectivity index (χ4n) is 1.02. The molecule has 17 heavy (non-hydrogen) atoms. The molecule has 5 nitrogen and oxygen atoms in total. The summed E-state index contributed by atoms with van der Waals surface area (Å²) in [6.07, 6.45) is 0. The van der Waals surface area contributed by atoms with Crippen molar-refractivity contribution in [2.45, 2.75) is 11.8 Å². The van der Waals surface area contributed by atoms with E-state index in [0.29, 0.717) is 5.02 Å². The van der Waals surface area contributed by atoms with E-state index in [1.54, 1.807) is 0 Å². The zero-order valence-corrected chi connectivity index (χ0v) is 10.6. The third kappa shape index (κ3) is 3.99. The molecule has 7 heteroatoms. The van der Waals surface area contributed by atoms with E-state index in [1.807, 2.05) is 0 Å². The van der Waals surface area contributed by atoms with E-state index in [9.17, 15) is 13.2 Å². The second-order valence-electron chi connectivity index (χ2n) is 3.55. The molecule has 0 heterocycles. The Kier molecular flexibility index (Phi) is 4.50. The average Bonchev–Trinajstić information content (AvgIpc) is 2.26. The summed E-state index contributed by atoms with van der Waals surface area (Å²) in [7, 11) is -3.68. The number of carboxylic acid groups (broad SMARTS) is 1. The lowest BCUT2D eigenvalue weighted by Gasteiger charge is -2.09. The van der Waals surface area contributed by atoms with Crippen molar-refractivity contribution in [3.63, 3.8) is 0 Å². The molecule has 0 aliphatic heterocycles. The quantitative estimate of drug-likeness (QED) is 0.851. The van der Waals surface area contributed by atoms with Gasteiger partial charge in [-0.2, -0.15) is 0 Å². The first kappa shape index (κ1) is 14.0. The highest BCUT2D eigenvalue weighted by molar-refractivity contribution is 7.89. The monoisotopic (exact) mass is 277 g/mol. The molecule has 1 unspecified atom stereocenters. The fraction of sp³-hybridized carbons (Fsp3) is 0.300. The number of benzene rings is 1. The summed E-state index contributed by atoms with van der Waals surface area (Å²) in [4.78, 5) is 10.6. The van der Waals surface area contributed by atoms with Crippen LogP contribution in [-0.4, -0.2) is 26.0 Å². The van der Waals surface area contributed by atoms with Crippen LogP contribution < -0.4 is 4.72 Å². The standard InChI is InChI=1S/C10H12ClNO4S/c1-7(10(13)14)6-12-17(15,16)9-4-2-8(11)3-5-9/h2-5,7,12H,6H2,1H3,(H,13,14). The normalized spacial score (nSPS) is 13.3. The number of aliphatic carboxylic acids is 1. The molecule has 0 aliphatic rings. The van der Waals surface area contributed by atoms with Gasteiger partial charge in [0.2, 0.25) is 10.0 Å². The summed E-state index contributed by atoms with van der Waals surface area (Å²) in [5.74, 6) is -1.83. The Hall–Kier alpha value is -1.11. The molecule has 2 N–H and O–H groups in total. The van der Waals surface area contributed by atoms with Gasteiger partial charge in [0.15, 0.2) is 0 Å². The summed E-state index contributed by atoms with van der Waals surface area (Å²) in [6, 6.07) is 5.62. The van der Waals surface area contributed by atoms with Crippen molar-refractivity contribution in [2.24, 2.45) is 5.92 Å². The summed E-state index contributed by atoms with van der Waals surface area (Å²) >= 11 is 5.64. The van der Waals surface area contributed by atoms with Crippen LogP contribution in [0, 0.1) is 5.92 Å². The van der Waals surface area contributed by atoms with E-state index < -0.39 is 21.9 Å². The fourth-order valence-corrected chi connectivity index (χ4v) is 2.28. The Morgan fingerprint density at radius 2 is 1.94 bits per heavy atom. The van der Waals surface area contributed by atoms with Crippen molar-refractivity contribution in [3.05, 3.63) is 29.3 Å². The molecule has 0 saturated carbocycles. The highest BCUT2D eigenvalue weighted by atomic mass is 35.5. The van der Waals surface area contributed by atoms with E-state index >= 15 is 0 Å². The van der Waals surface area contributed by atoms with Crippen LogP contribution in [0.25, 0.3) is 0 Å². The van der Waals surface area contributed by atoms with Crippen molar-refractivity contribution >= 4 is 27.6 Å². The van der Waals surface area contributed by atoms with Crippen LogP contribution in [0.4, 0.5) is 0 Å². The van der Waals surface area contributed by atoms with Gasteiger partial charge in [-0.1, -0.05) is 18.5 Å². The zero-order valence-electron chi connectivity index (χ0n) is 9.05. The van der Waals surface area contributed by atoms with Gasteiger partial charge in [-0.15, -0.1) is 0 Å². The molecule has 1 rings (SSSR count). The number of hydrogen-bond acceptors (Lipinski definition) is 3. The SMILES string of the molecule is CC(CNS(=O)(=O)c1ccc(Cl)cc1)C(=O)O. The molecule has 1 atom stereocenters. The molecule has 1 aromatic carbocycles. The van der Waals surface area contributed by atoms with Crippen LogP contribution in [0.1, 0.15) is 6.92 Å². The van der Waals surface area contributed by atoms with Gasteiger partial charge < -0.3 is 5.11 Å². The first-order valence-corrected chi connectivity index (χ1v) is 6.67.